The second-order valence-electron chi connectivity index (χ2n) is 1.97. The molecule has 1 rings (SSSR count). The van der Waals surface area contributed by atoms with Crippen molar-refractivity contribution in [3.63, 3.8) is 0 Å². The number of pyridine rings is 1. The van der Waals surface area contributed by atoms with Gasteiger partial charge in [-0.3, -0.25) is 0 Å². The van der Waals surface area contributed by atoms with Crippen LogP contribution in [-0.4, -0.2) is 10.9 Å². The summed E-state index contributed by atoms with van der Waals surface area (Å²) < 4.78 is 0. The van der Waals surface area contributed by atoms with Crippen molar-refractivity contribution in [1.82, 2.24) is 4.98 Å². The number of alkyl halides is 1. The molecule has 3 heteroatoms. The van der Waals surface area contributed by atoms with E-state index in [9.17, 15) is 0 Å². The van der Waals surface area contributed by atoms with Crippen LogP contribution in [0, 0.1) is 0 Å². The molecule has 1 aromatic heterocycles. The first kappa shape index (κ1) is 8.57. The summed E-state index contributed by atoms with van der Waals surface area (Å²) in [4.78, 5) is 3.85. The molecule has 0 aliphatic carbocycles. The fourth-order valence-electron chi connectivity index (χ4n) is 0.702. The lowest BCUT2D eigenvalue weighted by atomic mass is 10.2. The molecule has 0 aromatic carbocycles. The standard InChI is InChI=1S/C8H7Cl2N/c9-4-1-2-7-3-5-11-8(10)6-7/h1-3,5-6H,4H2. The minimum Gasteiger partial charge on any atom is -0.245 e. The Morgan fingerprint density at radius 2 is 2.36 bits per heavy atom. The molecule has 0 unspecified atom stereocenters. The Labute approximate surface area is 75.7 Å². The molecule has 0 atom stereocenters. The summed E-state index contributed by atoms with van der Waals surface area (Å²) in [5.74, 6) is 0.514. The highest BCUT2D eigenvalue weighted by Crippen LogP contribution is 2.08. The van der Waals surface area contributed by atoms with E-state index in [1.54, 1.807) is 12.3 Å². The molecule has 11 heavy (non-hydrogen) atoms. The van der Waals surface area contributed by atoms with Crippen LogP contribution in [0.4, 0.5) is 0 Å². The van der Waals surface area contributed by atoms with Crippen LogP contribution in [0.1, 0.15) is 5.56 Å². The average Bonchev–Trinajstić information content (AvgIpc) is 2.01. The Bertz CT molecular complexity index is 258. The summed E-state index contributed by atoms with van der Waals surface area (Å²) in [5, 5.41) is 0.502. The minimum atomic E-state index is 0.502. The van der Waals surface area contributed by atoms with Gasteiger partial charge in [0.1, 0.15) is 5.15 Å². The van der Waals surface area contributed by atoms with Gasteiger partial charge in [0.25, 0.3) is 0 Å². The van der Waals surface area contributed by atoms with E-state index < -0.39 is 0 Å². The molecular formula is C8H7Cl2N. The summed E-state index contributed by atoms with van der Waals surface area (Å²) in [7, 11) is 0. The molecular weight excluding hydrogens is 181 g/mol. The van der Waals surface area contributed by atoms with Gasteiger partial charge in [-0.15, -0.1) is 11.6 Å². The van der Waals surface area contributed by atoms with Crippen LogP contribution in [0.15, 0.2) is 24.4 Å². The molecule has 0 N–H and O–H groups in total. The Balaban J connectivity index is 2.79. The predicted molar refractivity (Wildman–Crippen MR) is 49.0 cm³/mol. The second kappa shape index (κ2) is 4.37. The fourth-order valence-corrected chi connectivity index (χ4v) is 0.973. The van der Waals surface area contributed by atoms with Gasteiger partial charge in [-0.2, -0.15) is 0 Å². The summed E-state index contributed by atoms with van der Waals surface area (Å²) in [6, 6.07) is 3.65. The van der Waals surface area contributed by atoms with Crippen LogP contribution in [0.2, 0.25) is 5.15 Å². The van der Waals surface area contributed by atoms with Crippen molar-refractivity contribution in [2.24, 2.45) is 0 Å². The van der Waals surface area contributed by atoms with E-state index in [0.717, 1.165) is 5.56 Å². The smallest absolute Gasteiger partial charge is 0.129 e. The molecule has 1 heterocycles. The lowest BCUT2D eigenvalue weighted by molar-refractivity contribution is 1.32. The zero-order chi connectivity index (χ0) is 8.10. The summed E-state index contributed by atoms with van der Waals surface area (Å²) >= 11 is 11.1. The number of hydrogen-bond donors (Lipinski definition) is 0. The molecule has 58 valence electrons. The van der Waals surface area contributed by atoms with Gasteiger partial charge in [-0.25, -0.2) is 4.98 Å². The molecule has 0 spiro atoms. The lowest BCUT2D eigenvalue weighted by Crippen LogP contribution is -1.75. The van der Waals surface area contributed by atoms with Crippen LogP contribution in [0.25, 0.3) is 6.08 Å². The molecule has 0 amide bonds. The summed E-state index contributed by atoms with van der Waals surface area (Å²) in [6.07, 6.45) is 5.42. The molecule has 1 nitrogen and oxygen atoms in total. The lowest BCUT2D eigenvalue weighted by Gasteiger charge is -1.91. The summed E-state index contributed by atoms with van der Waals surface area (Å²) in [5.41, 5.74) is 1.02. The third kappa shape index (κ3) is 2.91. The van der Waals surface area contributed by atoms with E-state index in [2.05, 4.69) is 4.98 Å². The highest BCUT2D eigenvalue weighted by Gasteiger charge is 1.88. The van der Waals surface area contributed by atoms with Crippen molar-refractivity contribution in [3.8, 4) is 0 Å². The molecule has 0 radical (unpaired) electrons. The van der Waals surface area contributed by atoms with E-state index in [4.69, 9.17) is 23.2 Å². The van der Waals surface area contributed by atoms with Crippen LogP contribution in [0.3, 0.4) is 0 Å². The van der Waals surface area contributed by atoms with E-state index >= 15 is 0 Å². The molecule has 0 fully saturated rings. The monoisotopic (exact) mass is 187 g/mol. The van der Waals surface area contributed by atoms with Crippen molar-refractivity contribution < 1.29 is 0 Å². The molecule has 0 saturated heterocycles. The van der Waals surface area contributed by atoms with Crippen molar-refractivity contribution >= 4 is 29.3 Å². The Kier molecular flexibility index (Phi) is 3.40. The van der Waals surface area contributed by atoms with E-state index in [0.29, 0.717) is 11.0 Å². The van der Waals surface area contributed by atoms with Crippen molar-refractivity contribution in [3.05, 3.63) is 35.1 Å². The van der Waals surface area contributed by atoms with Gasteiger partial charge >= 0.3 is 0 Å². The highest BCUT2D eigenvalue weighted by atomic mass is 35.5. The molecule has 0 bridgehead atoms. The van der Waals surface area contributed by atoms with Crippen molar-refractivity contribution in [2.45, 2.75) is 0 Å². The highest BCUT2D eigenvalue weighted by molar-refractivity contribution is 6.29. The zero-order valence-electron chi connectivity index (χ0n) is 5.80. The quantitative estimate of drug-likeness (QED) is 0.513. The van der Waals surface area contributed by atoms with E-state index in [-0.39, 0.29) is 0 Å². The Morgan fingerprint density at radius 3 is 3.00 bits per heavy atom. The van der Waals surface area contributed by atoms with Gasteiger partial charge < -0.3 is 0 Å². The maximum Gasteiger partial charge on any atom is 0.129 e. The first-order valence-corrected chi connectivity index (χ1v) is 4.08. The van der Waals surface area contributed by atoms with Gasteiger partial charge in [-0.05, 0) is 17.7 Å². The van der Waals surface area contributed by atoms with E-state index in [1.165, 1.54) is 0 Å². The maximum absolute atomic E-state index is 5.65. The predicted octanol–water partition coefficient (Wildman–Crippen LogP) is 2.99. The number of nitrogens with zero attached hydrogens (tertiary/aromatic N) is 1. The van der Waals surface area contributed by atoms with Crippen LogP contribution in [0.5, 0.6) is 0 Å². The minimum absolute atomic E-state index is 0.502. The average molecular weight is 188 g/mol. The van der Waals surface area contributed by atoms with Gasteiger partial charge in [0.05, 0.1) is 0 Å². The van der Waals surface area contributed by atoms with E-state index in [1.807, 2.05) is 18.2 Å². The molecule has 1 aromatic rings. The molecule has 0 aliphatic heterocycles. The van der Waals surface area contributed by atoms with Crippen LogP contribution < -0.4 is 0 Å². The SMILES string of the molecule is ClCC=Cc1ccnc(Cl)c1. The van der Waals surface area contributed by atoms with Crippen LogP contribution >= 0.6 is 23.2 Å². The Morgan fingerprint density at radius 1 is 1.55 bits per heavy atom. The number of allylic oxidation sites excluding steroid dienone is 1. The normalized spacial score (nSPS) is 10.7. The van der Waals surface area contributed by atoms with Gasteiger partial charge in [-0.1, -0.05) is 23.8 Å². The van der Waals surface area contributed by atoms with Crippen LogP contribution in [-0.2, 0) is 0 Å². The third-order valence-corrected chi connectivity index (χ3v) is 1.53. The van der Waals surface area contributed by atoms with Crippen molar-refractivity contribution in [2.75, 3.05) is 5.88 Å². The number of halogens is 2. The number of aromatic nitrogens is 1. The largest absolute Gasteiger partial charge is 0.245 e. The van der Waals surface area contributed by atoms with Gasteiger partial charge in [0, 0.05) is 12.1 Å². The third-order valence-electron chi connectivity index (χ3n) is 1.15. The molecule has 0 aliphatic rings. The maximum atomic E-state index is 5.65. The first-order chi connectivity index (χ1) is 5.33. The second-order valence-corrected chi connectivity index (χ2v) is 2.66. The first-order valence-electron chi connectivity index (χ1n) is 3.17. The van der Waals surface area contributed by atoms with Gasteiger partial charge in [0.2, 0.25) is 0 Å². The molecule has 0 saturated carbocycles. The topological polar surface area (TPSA) is 12.9 Å². The number of hydrogen-bond acceptors (Lipinski definition) is 1. The zero-order valence-corrected chi connectivity index (χ0v) is 7.31. The van der Waals surface area contributed by atoms with Crippen molar-refractivity contribution in [1.29, 1.82) is 0 Å². The summed E-state index contributed by atoms with van der Waals surface area (Å²) in [6.45, 7) is 0. The van der Waals surface area contributed by atoms with Gasteiger partial charge in [0.15, 0.2) is 0 Å². The number of rotatable bonds is 2. The fraction of sp³-hybridized carbons (Fsp3) is 0.125. The Hall–Kier alpha value is -0.530.